The lowest BCUT2D eigenvalue weighted by Gasteiger charge is -2.24. The van der Waals surface area contributed by atoms with Gasteiger partial charge in [0, 0.05) is 30.6 Å². The van der Waals surface area contributed by atoms with Gasteiger partial charge in [0.1, 0.15) is 5.60 Å². The summed E-state index contributed by atoms with van der Waals surface area (Å²) in [5.41, 5.74) is -0.415. The quantitative estimate of drug-likeness (QED) is 0.929. The van der Waals surface area contributed by atoms with Crippen LogP contribution in [0.5, 0.6) is 0 Å². The minimum Gasteiger partial charge on any atom is -0.444 e. The molecule has 1 aromatic heterocycles. The Hall–Kier alpha value is -1.07. The Morgan fingerprint density at radius 2 is 2.35 bits per heavy atom. The van der Waals surface area contributed by atoms with Gasteiger partial charge in [-0.2, -0.15) is 0 Å². The van der Waals surface area contributed by atoms with E-state index in [0.29, 0.717) is 6.04 Å². The first-order chi connectivity index (χ1) is 9.44. The van der Waals surface area contributed by atoms with Crippen LogP contribution in [0.15, 0.2) is 17.5 Å². The lowest BCUT2D eigenvalue weighted by atomic mass is 10.2. The predicted molar refractivity (Wildman–Crippen MR) is 82.2 cm³/mol. The second kappa shape index (κ2) is 6.59. The zero-order valence-corrected chi connectivity index (χ0v) is 13.3. The highest BCUT2D eigenvalue weighted by Gasteiger charge is 2.29. The molecule has 0 aromatic carbocycles. The van der Waals surface area contributed by atoms with E-state index in [2.05, 4.69) is 22.8 Å². The van der Waals surface area contributed by atoms with Crippen LogP contribution >= 0.6 is 11.3 Å². The molecule has 1 aliphatic rings. The van der Waals surface area contributed by atoms with Crippen LogP contribution in [0.1, 0.15) is 32.1 Å². The number of nitrogens with zero attached hydrogens (tertiary/aromatic N) is 1. The molecule has 0 bridgehead atoms. The van der Waals surface area contributed by atoms with Gasteiger partial charge in [-0.3, -0.25) is 0 Å². The van der Waals surface area contributed by atoms with E-state index in [1.807, 2.05) is 20.8 Å². The lowest BCUT2D eigenvalue weighted by molar-refractivity contribution is 0.0291. The minimum atomic E-state index is -0.415. The molecule has 0 spiro atoms. The first-order valence-electron chi connectivity index (χ1n) is 7.18. The second-order valence-electron chi connectivity index (χ2n) is 6.20. The van der Waals surface area contributed by atoms with E-state index in [4.69, 9.17) is 4.74 Å². The van der Waals surface area contributed by atoms with Gasteiger partial charge >= 0.3 is 6.09 Å². The highest BCUT2D eigenvalue weighted by atomic mass is 32.1. The summed E-state index contributed by atoms with van der Waals surface area (Å²) >= 11 is 1.79. The largest absolute Gasteiger partial charge is 0.444 e. The van der Waals surface area contributed by atoms with Gasteiger partial charge in [-0.05, 0) is 45.1 Å². The standard InChI is InChI=1S/C15H24N2O2S/c1-15(2,3)19-14(18)17-9-7-12(11-17)16-8-6-13-5-4-10-20-13/h4-5,10,12,16H,6-9,11H2,1-3H3/t12-/m0/s1. The summed E-state index contributed by atoms with van der Waals surface area (Å²) in [5, 5.41) is 5.63. The van der Waals surface area contributed by atoms with Gasteiger partial charge in [-0.1, -0.05) is 6.07 Å². The normalized spacial score (nSPS) is 19.4. The first-order valence-corrected chi connectivity index (χ1v) is 8.06. The van der Waals surface area contributed by atoms with Gasteiger partial charge in [0.25, 0.3) is 0 Å². The summed E-state index contributed by atoms with van der Waals surface area (Å²) in [6.07, 6.45) is 1.87. The number of nitrogens with one attached hydrogen (secondary N) is 1. The number of thiophene rings is 1. The Morgan fingerprint density at radius 1 is 1.55 bits per heavy atom. The molecule has 1 fully saturated rings. The van der Waals surface area contributed by atoms with Crippen molar-refractivity contribution in [1.82, 2.24) is 10.2 Å². The van der Waals surface area contributed by atoms with E-state index in [9.17, 15) is 4.79 Å². The number of rotatable bonds is 4. The molecule has 0 radical (unpaired) electrons. The van der Waals surface area contributed by atoms with E-state index in [1.54, 1.807) is 16.2 Å². The van der Waals surface area contributed by atoms with Crippen LogP contribution < -0.4 is 5.32 Å². The van der Waals surface area contributed by atoms with Crippen molar-refractivity contribution in [2.45, 2.75) is 45.3 Å². The zero-order chi connectivity index (χ0) is 14.6. The molecule has 20 heavy (non-hydrogen) atoms. The third kappa shape index (κ3) is 4.80. The predicted octanol–water partition coefficient (Wildman–Crippen LogP) is 2.89. The topological polar surface area (TPSA) is 41.6 Å². The van der Waals surface area contributed by atoms with Gasteiger partial charge in [0.05, 0.1) is 0 Å². The van der Waals surface area contributed by atoms with Crippen LogP contribution in [0.3, 0.4) is 0 Å². The molecule has 1 saturated heterocycles. The van der Waals surface area contributed by atoms with Crippen LogP contribution in [0.25, 0.3) is 0 Å². The molecule has 1 atom stereocenters. The summed E-state index contributed by atoms with van der Waals surface area (Å²) < 4.78 is 5.39. The molecule has 5 heteroatoms. The smallest absolute Gasteiger partial charge is 0.410 e. The molecule has 4 nitrogen and oxygen atoms in total. The van der Waals surface area contributed by atoms with Gasteiger partial charge in [0.2, 0.25) is 0 Å². The number of carbonyl (C=O) groups is 1. The van der Waals surface area contributed by atoms with E-state index in [1.165, 1.54) is 4.88 Å². The lowest BCUT2D eigenvalue weighted by Crippen LogP contribution is -2.38. The second-order valence-corrected chi connectivity index (χ2v) is 7.23. The van der Waals surface area contributed by atoms with Crippen molar-refractivity contribution in [2.75, 3.05) is 19.6 Å². The fourth-order valence-corrected chi connectivity index (χ4v) is 2.98. The summed E-state index contributed by atoms with van der Waals surface area (Å²) in [7, 11) is 0. The number of likely N-dealkylation sites (tertiary alicyclic amines) is 1. The maximum Gasteiger partial charge on any atom is 0.410 e. The summed E-state index contributed by atoms with van der Waals surface area (Å²) in [6.45, 7) is 8.20. The van der Waals surface area contributed by atoms with Gasteiger partial charge in [0.15, 0.2) is 0 Å². The molecule has 1 amide bonds. The number of hydrogen-bond acceptors (Lipinski definition) is 4. The average molecular weight is 296 g/mol. The number of hydrogen-bond donors (Lipinski definition) is 1. The molecule has 0 aliphatic carbocycles. The van der Waals surface area contributed by atoms with Crippen molar-refractivity contribution >= 4 is 17.4 Å². The van der Waals surface area contributed by atoms with Gasteiger partial charge in [-0.15, -0.1) is 11.3 Å². The van der Waals surface area contributed by atoms with Gasteiger partial charge in [-0.25, -0.2) is 4.79 Å². The van der Waals surface area contributed by atoms with Crippen LogP contribution in [0.2, 0.25) is 0 Å². The zero-order valence-electron chi connectivity index (χ0n) is 12.5. The molecular weight excluding hydrogens is 272 g/mol. The van der Waals surface area contributed by atoms with Gasteiger partial charge < -0.3 is 15.0 Å². The highest BCUT2D eigenvalue weighted by molar-refractivity contribution is 7.09. The number of carbonyl (C=O) groups excluding carboxylic acids is 1. The Bertz CT molecular complexity index is 426. The summed E-state index contributed by atoms with van der Waals surface area (Å²) in [4.78, 5) is 15.1. The SMILES string of the molecule is CC(C)(C)OC(=O)N1CC[C@H](NCCc2cccs2)C1. The first kappa shape index (κ1) is 15.3. The molecule has 112 valence electrons. The van der Waals surface area contributed by atoms with Crippen LogP contribution in [0, 0.1) is 0 Å². The fraction of sp³-hybridized carbons (Fsp3) is 0.667. The van der Waals surface area contributed by atoms with E-state index >= 15 is 0 Å². The highest BCUT2D eigenvalue weighted by Crippen LogP contribution is 2.15. The van der Waals surface area contributed by atoms with Crippen molar-refractivity contribution in [1.29, 1.82) is 0 Å². The van der Waals surface area contributed by atoms with E-state index in [-0.39, 0.29) is 6.09 Å². The Morgan fingerprint density at radius 3 is 3.00 bits per heavy atom. The molecule has 2 rings (SSSR count). The van der Waals surface area contributed by atoms with E-state index < -0.39 is 5.60 Å². The molecule has 0 unspecified atom stereocenters. The molecule has 1 N–H and O–H groups in total. The van der Waals surface area contributed by atoms with E-state index in [0.717, 1.165) is 32.5 Å². The molecule has 0 saturated carbocycles. The monoisotopic (exact) mass is 296 g/mol. The third-order valence-electron chi connectivity index (χ3n) is 3.22. The summed E-state index contributed by atoms with van der Waals surface area (Å²) in [6, 6.07) is 4.64. The maximum absolute atomic E-state index is 11.9. The summed E-state index contributed by atoms with van der Waals surface area (Å²) in [5.74, 6) is 0. The number of amides is 1. The third-order valence-corrected chi connectivity index (χ3v) is 4.16. The Balaban J connectivity index is 1.68. The molecular formula is C15H24N2O2S. The molecule has 1 aliphatic heterocycles. The van der Waals surface area contributed by atoms with Crippen molar-refractivity contribution in [2.24, 2.45) is 0 Å². The van der Waals surface area contributed by atoms with Crippen LogP contribution in [0.4, 0.5) is 4.79 Å². The fourth-order valence-electron chi connectivity index (χ4n) is 2.27. The number of ether oxygens (including phenoxy) is 1. The Kier molecular flexibility index (Phi) is 5.05. The molecule has 2 heterocycles. The molecule has 1 aromatic rings. The maximum atomic E-state index is 11.9. The van der Waals surface area contributed by atoms with Crippen molar-refractivity contribution in [3.05, 3.63) is 22.4 Å². The van der Waals surface area contributed by atoms with Crippen LogP contribution in [-0.2, 0) is 11.2 Å². The average Bonchev–Trinajstić information content (AvgIpc) is 2.97. The Labute approximate surface area is 125 Å². The van der Waals surface area contributed by atoms with Crippen molar-refractivity contribution < 1.29 is 9.53 Å². The van der Waals surface area contributed by atoms with Crippen molar-refractivity contribution in [3.63, 3.8) is 0 Å². The minimum absolute atomic E-state index is 0.194. The van der Waals surface area contributed by atoms with Crippen LogP contribution in [-0.4, -0.2) is 42.3 Å². The van der Waals surface area contributed by atoms with Crippen molar-refractivity contribution in [3.8, 4) is 0 Å².